The molecule has 0 spiro atoms. The molecule has 3 aromatic carbocycles. The van der Waals surface area contributed by atoms with E-state index in [1.54, 1.807) is 0 Å². The van der Waals surface area contributed by atoms with Crippen molar-refractivity contribution in [1.29, 1.82) is 0 Å². The Hall–Kier alpha value is -1.77. The smallest absolute Gasteiger partial charge is 0.137 e. The molecule has 3 heteroatoms. The van der Waals surface area contributed by atoms with Crippen molar-refractivity contribution in [2.75, 3.05) is 6.61 Å². The lowest BCUT2D eigenvalue weighted by Crippen LogP contribution is -1.97. The molecule has 0 unspecified atom stereocenters. The summed E-state index contributed by atoms with van der Waals surface area (Å²) in [6.45, 7) is 2.60. The van der Waals surface area contributed by atoms with Crippen molar-refractivity contribution in [3.63, 3.8) is 0 Å². The highest BCUT2D eigenvalue weighted by Crippen LogP contribution is 2.35. The van der Waals surface area contributed by atoms with Crippen LogP contribution in [0.3, 0.4) is 0 Å². The number of hydrogen-bond donors (Lipinski definition) is 0. The van der Waals surface area contributed by atoms with Gasteiger partial charge < -0.3 is 4.74 Å². The van der Waals surface area contributed by atoms with Gasteiger partial charge in [-0.05, 0) is 63.5 Å². The molecule has 116 valence electrons. The topological polar surface area (TPSA) is 9.23 Å². The minimum Gasteiger partial charge on any atom is -0.488 e. The number of hydrogen-bond acceptors (Lipinski definition) is 1. The van der Waals surface area contributed by atoms with E-state index in [-0.39, 0.29) is 0 Å². The van der Waals surface area contributed by atoms with Crippen LogP contribution in [0, 0.1) is 6.92 Å². The van der Waals surface area contributed by atoms with Crippen LogP contribution in [0.25, 0.3) is 16.8 Å². The summed E-state index contributed by atoms with van der Waals surface area (Å²) in [4.78, 5) is 0. The second-order valence-electron chi connectivity index (χ2n) is 5.30. The second kappa shape index (κ2) is 7.20. The first-order valence-corrected chi connectivity index (χ1v) is 8.55. The summed E-state index contributed by atoms with van der Waals surface area (Å²) in [6.07, 6.45) is 4.03. The minimum absolute atomic E-state index is 0.514. The number of fused-ring (bicyclic) bond motifs is 1. The highest BCUT2D eigenvalue weighted by Gasteiger charge is 2.09. The average molecular weight is 388 g/mol. The molecule has 0 aliphatic rings. The molecule has 0 N–H and O–H groups in total. The summed E-state index contributed by atoms with van der Waals surface area (Å²) < 4.78 is 6.94. The predicted octanol–water partition coefficient (Wildman–Crippen LogP) is 6.66. The number of rotatable bonds is 4. The van der Waals surface area contributed by atoms with Gasteiger partial charge >= 0.3 is 0 Å². The Morgan fingerprint density at radius 1 is 1.09 bits per heavy atom. The maximum absolute atomic E-state index is 5.96. The van der Waals surface area contributed by atoms with E-state index < -0.39 is 0 Å². The van der Waals surface area contributed by atoms with Crippen LogP contribution in [0.5, 0.6) is 5.75 Å². The largest absolute Gasteiger partial charge is 0.488 e. The molecule has 0 radical (unpaired) electrons. The zero-order chi connectivity index (χ0) is 16.2. The Labute approximate surface area is 149 Å². The third kappa shape index (κ3) is 3.77. The number of aryl methyl sites for hydroxylation is 1. The second-order valence-corrected chi connectivity index (χ2v) is 6.59. The van der Waals surface area contributed by atoms with E-state index >= 15 is 0 Å². The fourth-order valence-electron chi connectivity index (χ4n) is 2.53. The molecule has 0 aliphatic heterocycles. The molecule has 3 aromatic rings. The third-order valence-corrected chi connectivity index (χ3v) is 4.55. The highest BCUT2D eigenvalue weighted by molar-refractivity contribution is 9.10. The number of halogens is 2. The first-order chi connectivity index (χ1) is 11.1. The zero-order valence-electron chi connectivity index (χ0n) is 12.7. The van der Waals surface area contributed by atoms with Gasteiger partial charge in [-0.25, -0.2) is 0 Å². The summed E-state index contributed by atoms with van der Waals surface area (Å²) in [7, 11) is 0. The fraction of sp³-hybridized carbons (Fsp3) is 0.100. The first kappa shape index (κ1) is 16.1. The standard InChI is InChI=1S/C20H16BrClO/c1-14-18-7-3-2-6-16(18)13-19(21)20(14)23-12-4-5-15-8-10-17(22)11-9-15/h2-11,13H,12H2,1H3/b5-4+. The normalized spacial score (nSPS) is 11.3. The molecule has 0 aliphatic carbocycles. The molecule has 0 saturated carbocycles. The van der Waals surface area contributed by atoms with Gasteiger partial charge in [0.15, 0.2) is 0 Å². The van der Waals surface area contributed by atoms with Gasteiger partial charge in [0.25, 0.3) is 0 Å². The maximum atomic E-state index is 5.96. The van der Waals surface area contributed by atoms with Gasteiger partial charge in [0.1, 0.15) is 12.4 Å². The third-order valence-electron chi connectivity index (χ3n) is 3.71. The fourth-order valence-corrected chi connectivity index (χ4v) is 3.32. The van der Waals surface area contributed by atoms with Crippen molar-refractivity contribution in [1.82, 2.24) is 0 Å². The number of ether oxygens (including phenoxy) is 1. The molecule has 3 rings (SSSR count). The van der Waals surface area contributed by atoms with E-state index in [1.165, 1.54) is 10.8 Å². The van der Waals surface area contributed by atoms with Gasteiger partial charge in [-0.15, -0.1) is 0 Å². The molecule has 1 nitrogen and oxygen atoms in total. The summed E-state index contributed by atoms with van der Waals surface area (Å²) in [5.74, 6) is 0.893. The molecular formula is C20H16BrClO. The van der Waals surface area contributed by atoms with Gasteiger partial charge in [0.2, 0.25) is 0 Å². The van der Waals surface area contributed by atoms with Crippen LogP contribution >= 0.6 is 27.5 Å². The Balaban J connectivity index is 1.75. The minimum atomic E-state index is 0.514. The summed E-state index contributed by atoms with van der Waals surface area (Å²) >= 11 is 9.49. The van der Waals surface area contributed by atoms with Crippen LogP contribution in [0.1, 0.15) is 11.1 Å². The van der Waals surface area contributed by atoms with Crippen molar-refractivity contribution in [3.8, 4) is 5.75 Å². The molecule has 0 saturated heterocycles. The van der Waals surface area contributed by atoms with Crippen molar-refractivity contribution >= 4 is 44.4 Å². The van der Waals surface area contributed by atoms with E-state index in [9.17, 15) is 0 Å². The SMILES string of the molecule is Cc1c(OC/C=C/c2ccc(Cl)cc2)c(Br)cc2ccccc12. The van der Waals surface area contributed by atoms with E-state index in [1.807, 2.05) is 48.6 Å². The lowest BCUT2D eigenvalue weighted by molar-refractivity contribution is 0.359. The van der Waals surface area contributed by atoms with E-state index in [0.29, 0.717) is 6.61 Å². The van der Waals surface area contributed by atoms with Crippen LogP contribution in [0.4, 0.5) is 0 Å². The Morgan fingerprint density at radius 3 is 2.61 bits per heavy atom. The van der Waals surface area contributed by atoms with Crippen LogP contribution in [0.2, 0.25) is 5.02 Å². The Kier molecular flexibility index (Phi) is 5.04. The van der Waals surface area contributed by atoms with Gasteiger partial charge in [0, 0.05) is 10.6 Å². The van der Waals surface area contributed by atoms with Crippen LogP contribution in [-0.4, -0.2) is 6.61 Å². The molecule has 0 aromatic heterocycles. The van der Waals surface area contributed by atoms with Gasteiger partial charge in [-0.3, -0.25) is 0 Å². The molecule has 0 atom stereocenters. The van der Waals surface area contributed by atoms with E-state index in [0.717, 1.165) is 26.4 Å². The van der Waals surface area contributed by atoms with Crippen molar-refractivity contribution in [2.24, 2.45) is 0 Å². The van der Waals surface area contributed by atoms with Crippen molar-refractivity contribution < 1.29 is 4.74 Å². The average Bonchev–Trinajstić information content (AvgIpc) is 2.55. The predicted molar refractivity (Wildman–Crippen MR) is 102 cm³/mol. The molecule has 0 heterocycles. The summed E-state index contributed by atoms with van der Waals surface area (Å²) in [6, 6.07) is 18.1. The van der Waals surface area contributed by atoms with E-state index in [2.05, 4.69) is 41.1 Å². The van der Waals surface area contributed by atoms with Crippen LogP contribution in [0.15, 0.2) is 65.1 Å². The van der Waals surface area contributed by atoms with Gasteiger partial charge in [0.05, 0.1) is 4.47 Å². The Bertz CT molecular complexity index is 853. The van der Waals surface area contributed by atoms with Crippen LogP contribution in [-0.2, 0) is 0 Å². The van der Waals surface area contributed by atoms with Crippen LogP contribution < -0.4 is 4.74 Å². The number of benzene rings is 3. The van der Waals surface area contributed by atoms with Crippen molar-refractivity contribution in [3.05, 3.63) is 81.3 Å². The quantitative estimate of drug-likeness (QED) is 0.486. The molecule has 0 bridgehead atoms. The highest BCUT2D eigenvalue weighted by atomic mass is 79.9. The lowest BCUT2D eigenvalue weighted by Gasteiger charge is -2.12. The lowest BCUT2D eigenvalue weighted by atomic mass is 10.0. The zero-order valence-corrected chi connectivity index (χ0v) is 15.1. The molecular weight excluding hydrogens is 372 g/mol. The Morgan fingerprint density at radius 2 is 1.83 bits per heavy atom. The van der Waals surface area contributed by atoms with Gasteiger partial charge in [-0.2, -0.15) is 0 Å². The van der Waals surface area contributed by atoms with E-state index in [4.69, 9.17) is 16.3 Å². The first-order valence-electron chi connectivity index (χ1n) is 7.38. The molecule has 23 heavy (non-hydrogen) atoms. The summed E-state index contributed by atoms with van der Waals surface area (Å²) in [5.41, 5.74) is 2.25. The monoisotopic (exact) mass is 386 g/mol. The van der Waals surface area contributed by atoms with Gasteiger partial charge in [-0.1, -0.05) is 54.1 Å². The molecule has 0 fully saturated rings. The summed E-state index contributed by atoms with van der Waals surface area (Å²) in [5, 5.41) is 3.17. The molecule has 0 amide bonds. The van der Waals surface area contributed by atoms with Crippen molar-refractivity contribution in [2.45, 2.75) is 6.92 Å². The maximum Gasteiger partial charge on any atom is 0.137 e.